The van der Waals surface area contributed by atoms with Crippen molar-refractivity contribution in [3.8, 4) is 5.75 Å². The molecule has 132 valence electrons. The number of hydrogen-bond acceptors (Lipinski definition) is 7. The number of hydrogen-bond donors (Lipinski definition) is 2. The molecule has 0 saturated carbocycles. The normalized spacial score (nSPS) is 21.1. The van der Waals surface area contributed by atoms with Crippen LogP contribution in [0.1, 0.15) is 12.8 Å². The van der Waals surface area contributed by atoms with Gasteiger partial charge in [-0.05, 0) is 18.2 Å². The first-order valence-electron chi connectivity index (χ1n) is 7.70. The highest BCUT2D eigenvalue weighted by molar-refractivity contribution is 7.89. The van der Waals surface area contributed by atoms with E-state index in [0.717, 1.165) is 0 Å². The second kappa shape index (κ2) is 6.62. The highest BCUT2D eigenvalue weighted by Gasteiger charge is 2.42. The molecule has 0 bridgehead atoms. The maximum atomic E-state index is 12.8. The Hall–Kier alpha value is -1.17. The van der Waals surface area contributed by atoms with Crippen molar-refractivity contribution in [1.82, 2.24) is 4.31 Å². The van der Waals surface area contributed by atoms with Gasteiger partial charge in [0.05, 0.1) is 25.2 Å². The lowest BCUT2D eigenvalue weighted by Crippen LogP contribution is -2.47. The number of benzene rings is 1. The zero-order chi connectivity index (χ0) is 17.4. The van der Waals surface area contributed by atoms with Gasteiger partial charge in [0.25, 0.3) is 0 Å². The average Bonchev–Trinajstić information content (AvgIpc) is 3.02. The summed E-state index contributed by atoms with van der Waals surface area (Å²) in [4.78, 5) is -0.00407. The number of rotatable bonds is 4. The predicted molar refractivity (Wildman–Crippen MR) is 85.4 cm³/mol. The van der Waals surface area contributed by atoms with Crippen molar-refractivity contribution in [3.63, 3.8) is 0 Å². The molecule has 1 aromatic carbocycles. The number of sulfonamides is 1. The quantitative estimate of drug-likeness (QED) is 0.659. The number of nitrogens with zero attached hydrogens (tertiary/aromatic N) is 1. The van der Waals surface area contributed by atoms with E-state index in [4.69, 9.17) is 14.2 Å². The van der Waals surface area contributed by atoms with Crippen LogP contribution in [0.25, 0.3) is 0 Å². The zero-order valence-corrected chi connectivity index (χ0v) is 14.2. The minimum Gasteiger partial charge on any atom is -0.497 e. The summed E-state index contributed by atoms with van der Waals surface area (Å²) in [5.74, 6) is -0.437. The summed E-state index contributed by atoms with van der Waals surface area (Å²) in [5, 5.41) is 18.8. The first-order valence-corrected chi connectivity index (χ1v) is 9.14. The topological polar surface area (TPSA) is 106 Å². The molecular weight excluding hydrogens is 337 g/mol. The molecule has 1 spiro atoms. The summed E-state index contributed by atoms with van der Waals surface area (Å²) in [6.45, 7) is 1.63. The minimum atomic E-state index is -3.74. The summed E-state index contributed by atoms with van der Waals surface area (Å²) in [7, 11) is -4.19. The summed E-state index contributed by atoms with van der Waals surface area (Å²) in [6.07, 6.45) is 0.940. The first kappa shape index (κ1) is 17.7. The van der Waals surface area contributed by atoms with Crippen LogP contribution in [-0.2, 0) is 19.5 Å². The molecule has 2 aliphatic rings. The Balaban J connectivity index is 1.82. The molecule has 10 heteroatoms. The Morgan fingerprint density at radius 2 is 1.83 bits per heavy atom. The smallest absolute Gasteiger partial charge is 0.492 e. The molecule has 24 heavy (non-hydrogen) atoms. The van der Waals surface area contributed by atoms with Crippen LogP contribution in [-0.4, -0.2) is 69.1 Å². The molecule has 2 aliphatic heterocycles. The van der Waals surface area contributed by atoms with E-state index in [1.165, 1.54) is 29.6 Å². The number of methoxy groups -OCH3 is 1. The number of ether oxygens (including phenoxy) is 3. The molecule has 0 aliphatic carbocycles. The fraction of sp³-hybridized carbons (Fsp3) is 0.571. The lowest BCUT2D eigenvalue weighted by atomic mass is 9.79. The van der Waals surface area contributed by atoms with Crippen LogP contribution in [0.3, 0.4) is 0 Å². The first-order chi connectivity index (χ1) is 11.4. The van der Waals surface area contributed by atoms with Gasteiger partial charge in [0.1, 0.15) is 5.75 Å². The van der Waals surface area contributed by atoms with Crippen LogP contribution >= 0.6 is 0 Å². The second-order valence-electron chi connectivity index (χ2n) is 5.79. The Morgan fingerprint density at radius 1 is 1.21 bits per heavy atom. The molecule has 0 aromatic heterocycles. The van der Waals surface area contributed by atoms with Crippen molar-refractivity contribution < 1.29 is 32.7 Å². The fourth-order valence-electron chi connectivity index (χ4n) is 3.08. The van der Waals surface area contributed by atoms with Crippen LogP contribution < -0.4 is 10.2 Å². The van der Waals surface area contributed by atoms with Crippen LogP contribution in [0, 0.1) is 0 Å². The summed E-state index contributed by atoms with van der Waals surface area (Å²) in [5.41, 5.74) is 0.00881. The lowest BCUT2D eigenvalue weighted by Gasteiger charge is -2.36. The molecule has 0 atom stereocenters. The van der Waals surface area contributed by atoms with Crippen molar-refractivity contribution in [3.05, 3.63) is 18.2 Å². The molecule has 0 radical (unpaired) electrons. The number of piperidine rings is 1. The largest absolute Gasteiger partial charge is 0.497 e. The Kier molecular flexibility index (Phi) is 4.87. The van der Waals surface area contributed by atoms with Crippen LogP contribution in [0.2, 0.25) is 0 Å². The Morgan fingerprint density at radius 3 is 2.38 bits per heavy atom. The second-order valence-corrected chi connectivity index (χ2v) is 7.73. The van der Waals surface area contributed by atoms with Gasteiger partial charge in [0, 0.05) is 31.4 Å². The highest BCUT2D eigenvalue weighted by Crippen LogP contribution is 2.33. The third kappa shape index (κ3) is 3.17. The molecule has 2 fully saturated rings. The minimum absolute atomic E-state index is 0.00407. The van der Waals surface area contributed by atoms with Gasteiger partial charge in [-0.25, -0.2) is 8.42 Å². The molecule has 0 amide bonds. The maximum Gasteiger partial charge on any atom is 0.492 e. The van der Waals surface area contributed by atoms with Crippen molar-refractivity contribution in [2.24, 2.45) is 0 Å². The van der Waals surface area contributed by atoms with E-state index in [-0.39, 0.29) is 29.2 Å². The van der Waals surface area contributed by atoms with E-state index in [0.29, 0.717) is 26.1 Å². The zero-order valence-electron chi connectivity index (χ0n) is 13.3. The van der Waals surface area contributed by atoms with Crippen molar-refractivity contribution >= 4 is 22.6 Å². The van der Waals surface area contributed by atoms with E-state index in [9.17, 15) is 18.5 Å². The highest BCUT2D eigenvalue weighted by atomic mass is 32.2. The van der Waals surface area contributed by atoms with E-state index in [1.54, 1.807) is 0 Å². The lowest BCUT2D eigenvalue weighted by molar-refractivity contribution is -0.179. The van der Waals surface area contributed by atoms with Gasteiger partial charge in [-0.2, -0.15) is 4.31 Å². The van der Waals surface area contributed by atoms with E-state index >= 15 is 0 Å². The van der Waals surface area contributed by atoms with Crippen molar-refractivity contribution in [1.29, 1.82) is 0 Å². The maximum absolute atomic E-state index is 12.8. The van der Waals surface area contributed by atoms with Crippen LogP contribution in [0.15, 0.2) is 23.1 Å². The van der Waals surface area contributed by atoms with Gasteiger partial charge in [-0.1, -0.05) is 0 Å². The Bertz CT molecular complexity index is 693. The molecule has 1 aromatic rings. The third-order valence-corrected chi connectivity index (χ3v) is 6.31. The van der Waals surface area contributed by atoms with Crippen LogP contribution in [0.4, 0.5) is 0 Å². The van der Waals surface area contributed by atoms with Gasteiger partial charge < -0.3 is 24.3 Å². The van der Waals surface area contributed by atoms with E-state index < -0.39 is 22.9 Å². The third-order valence-electron chi connectivity index (χ3n) is 4.41. The predicted octanol–water partition coefficient (Wildman–Crippen LogP) is -1.10. The van der Waals surface area contributed by atoms with Gasteiger partial charge in [0.15, 0.2) is 5.79 Å². The average molecular weight is 357 g/mol. The van der Waals surface area contributed by atoms with Gasteiger partial charge in [-0.3, -0.25) is 0 Å². The van der Waals surface area contributed by atoms with E-state index in [2.05, 4.69) is 0 Å². The molecule has 2 N–H and O–H groups in total. The summed E-state index contributed by atoms with van der Waals surface area (Å²) in [6, 6.07) is 4.04. The molecule has 2 heterocycles. The molecule has 3 rings (SSSR count). The summed E-state index contributed by atoms with van der Waals surface area (Å²) >= 11 is 0. The van der Waals surface area contributed by atoms with Gasteiger partial charge in [-0.15, -0.1) is 0 Å². The van der Waals surface area contributed by atoms with Crippen molar-refractivity contribution in [2.75, 3.05) is 33.4 Å². The Labute approximate surface area is 141 Å². The fourth-order valence-corrected chi connectivity index (χ4v) is 4.55. The van der Waals surface area contributed by atoms with Crippen LogP contribution in [0.5, 0.6) is 5.75 Å². The molecule has 2 saturated heterocycles. The summed E-state index contributed by atoms with van der Waals surface area (Å²) < 4.78 is 43.2. The van der Waals surface area contributed by atoms with Gasteiger partial charge in [0.2, 0.25) is 10.0 Å². The van der Waals surface area contributed by atoms with E-state index in [1.807, 2.05) is 0 Å². The molecular formula is C14H20BNO7S. The van der Waals surface area contributed by atoms with Crippen molar-refractivity contribution in [2.45, 2.75) is 23.5 Å². The molecule has 0 unspecified atom stereocenters. The SMILES string of the molecule is COc1ccc(S(=O)(=O)N2CCC3(CC2)OCCO3)cc1B(O)O. The molecule has 8 nitrogen and oxygen atoms in total. The van der Waals surface area contributed by atoms with Gasteiger partial charge >= 0.3 is 7.12 Å². The monoisotopic (exact) mass is 357 g/mol. The standard InChI is InChI=1S/C14H20BNO7S/c1-21-13-3-2-11(10-12(13)15(17)18)24(19,20)16-6-4-14(5-7-16)22-8-9-23-14/h2-3,10,17-18H,4-9H2,1H3.